The molecule has 1 aromatic rings. The van der Waals surface area contributed by atoms with Crippen LogP contribution in [0.5, 0.6) is 5.75 Å². The lowest BCUT2D eigenvalue weighted by atomic mass is 10.1. The number of hydrogen-bond donors (Lipinski definition) is 0. The minimum Gasteiger partial charge on any atom is -0.496 e. The number of carbonyl (C=O) groups excluding carboxylic acids is 1. The molecule has 3 nitrogen and oxygen atoms in total. The fraction of sp³-hybridized carbons (Fsp3) is 0.533. The van der Waals surface area contributed by atoms with E-state index in [1.165, 1.54) is 0 Å². The van der Waals surface area contributed by atoms with Crippen LogP contribution < -0.4 is 9.64 Å². The van der Waals surface area contributed by atoms with Crippen molar-refractivity contribution in [3.8, 4) is 5.75 Å². The van der Waals surface area contributed by atoms with E-state index in [4.69, 9.17) is 4.74 Å². The van der Waals surface area contributed by atoms with Gasteiger partial charge >= 0.3 is 0 Å². The minimum absolute atomic E-state index is 0.0456. The second-order valence-electron chi connectivity index (χ2n) is 4.70. The topological polar surface area (TPSA) is 29.5 Å². The van der Waals surface area contributed by atoms with Gasteiger partial charge in [-0.05, 0) is 39.3 Å². The van der Waals surface area contributed by atoms with Crippen molar-refractivity contribution in [3.05, 3.63) is 23.8 Å². The van der Waals surface area contributed by atoms with E-state index in [1.807, 2.05) is 18.2 Å². The van der Waals surface area contributed by atoms with Crippen molar-refractivity contribution >= 4 is 11.5 Å². The monoisotopic (exact) mass is 249 g/mol. The SMILES string of the molecule is CCCN(c1cccc(OC)c1C(C)=O)C(C)C. The average molecular weight is 249 g/mol. The van der Waals surface area contributed by atoms with Crippen molar-refractivity contribution in [2.45, 2.75) is 40.2 Å². The number of nitrogens with zero attached hydrogens (tertiary/aromatic N) is 1. The number of hydrogen-bond acceptors (Lipinski definition) is 3. The van der Waals surface area contributed by atoms with Gasteiger partial charge in [-0.2, -0.15) is 0 Å². The minimum atomic E-state index is 0.0456. The highest BCUT2D eigenvalue weighted by molar-refractivity contribution is 6.02. The van der Waals surface area contributed by atoms with Gasteiger partial charge in [-0.15, -0.1) is 0 Å². The molecule has 0 radical (unpaired) electrons. The van der Waals surface area contributed by atoms with Gasteiger partial charge in [0, 0.05) is 12.6 Å². The summed E-state index contributed by atoms with van der Waals surface area (Å²) in [6, 6.07) is 6.13. The van der Waals surface area contributed by atoms with Gasteiger partial charge in [-0.3, -0.25) is 4.79 Å². The van der Waals surface area contributed by atoms with Crippen LogP contribution in [0.2, 0.25) is 0 Å². The van der Waals surface area contributed by atoms with Crippen LogP contribution in [0.4, 0.5) is 5.69 Å². The van der Waals surface area contributed by atoms with Gasteiger partial charge < -0.3 is 9.64 Å². The summed E-state index contributed by atoms with van der Waals surface area (Å²) in [7, 11) is 1.60. The van der Waals surface area contributed by atoms with Gasteiger partial charge in [0.05, 0.1) is 18.4 Å². The number of carbonyl (C=O) groups is 1. The Hall–Kier alpha value is -1.51. The number of anilines is 1. The van der Waals surface area contributed by atoms with Gasteiger partial charge in [0.2, 0.25) is 0 Å². The Kier molecular flexibility index (Phi) is 5.20. The van der Waals surface area contributed by atoms with Gasteiger partial charge in [0.25, 0.3) is 0 Å². The number of methoxy groups -OCH3 is 1. The molecular formula is C15H23NO2. The van der Waals surface area contributed by atoms with Crippen molar-refractivity contribution in [1.29, 1.82) is 0 Å². The maximum Gasteiger partial charge on any atom is 0.165 e. The van der Waals surface area contributed by atoms with Crippen LogP contribution in [0.3, 0.4) is 0 Å². The van der Waals surface area contributed by atoms with Crippen molar-refractivity contribution in [2.24, 2.45) is 0 Å². The second-order valence-corrected chi connectivity index (χ2v) is 4.70. The normalized spacial score (nSPS) is 10.6. The van der Waals surface area contributed by atoms with E-state index in [0.717, 1.165) is 18.7 Å². The maximum absolute atomic E-state index is 11.9. The smallest absolute Gasteiger partial charge is 0.165 e. The molecule has 0 unspecified atom stereocenters. The van der Waals surface area contributed by atoms with Crippen LogP contribution in [-0.2, 0) is 0 Å². The van der Waals surface area contributed by atoms with Crippen molar-refractivity contribution < 1.29 is 9.53 Å². The molecule has 0 aromatic heterocycles. The molecule has 0 amide bonds. The molecule has 0 aliphatic rings. The molecule has 1 rings (SSSR count). The van der Waals surface area contributed by atoms with Crippen molar-refractivity contribution in [2.75, 3.05) is 18.6 Å². The summed E-state index contributed by atoms with van der Waals surface area (Å²) in [5.41, 5.74) is 1.65. The van der Waals surface area contributed by atoms with E-state index in [2.05, 4.69) is 25.7 Å². The summed E-state index contributed by atoms with van der Waals surface area (Å²) in [6.07, 6.45) is 1.05. The number of ketones is 1. The highest BCUT2D eigenvalue weighted by Crippen LogP contribution is 2.31. The van der Waals surface area contributed by atoms with E-state index in [-0.39, 0.29) is 5.78 Å². The Morgan fingerprint density at radius 3 is 2.50 bits per heavy atom. The van der Waals surface area contributed by atoms with Gasteiger partial charge in [0.1, 0.15) is 5.75 Å². The molecule has 100 valence electrons. The fourth-order valence-electron chi connectivity index (χ4n) is 2.18. The molecule has 0 bridgehead atoms. The molecule has 0 fully saturated rings. The molecule has 0 aliphatic carbocycles. The zero-order chi connectivity index (χ0) is 13.7. The Morgan fingerprint density at radius 2 is 2.06 bits per heavy atom. The molecule has 0 heterocycles. The summed E-state index contributed by atoms with van der Waals surface area (Å²) in [6.45, 7) is 8.94. The largest absolute Gasteiger partial charge is 0.496 e. The number of Topliss-reactive ketones (excluding diaryl/α,β-unsaturated/α-hetero) is 1. The Morgan fingerprint density at radius 1 is 1.39 bits per heavy atom. The zero-order valence-corrected chi connectivity index (χ0v) is 12.0. The quantitative estimate of drug-likeness (QED) is 0.722. The first-order chi connectivity index (χ1) is 8.52. The summed E-state index contributed by atoms with van der Waals surface area (Å²) >= 11 is 0. The lowest BCUT2D eigenvalue weighted by Crippen LogP contribution is -2.32. The van der Waals surface area contributed by atoms with E-state index in [1.54, 1.807) is 14.0 Å². The Balaban J connectivity index is 3.32. The van der Waals surface area contributed by atoms with Crippen LogP contribution in [0.25, 0.3) is 0 Å². The van der Waals surface area contributed by atoms with Crippen molar-refractivity contribution in [1.82, 2.24) is 0 Å². The van der Waals surface area contributed by atoms with E-state index in [9.17, 15) is 4.79 Å². The third-order valence-electron chi connectivity index (χ3n) is 2.97. The standard InChI is InChI=1S/C15H23NO2/c1-6-10-16(11(2)3)13-8-7-9-14(18-5)15(13)12(4)17/h7-9,11H,6,10H2,1-5H3. The maximum atomic E-state index is 11.9. The number of rotatable bonds is 6. The average Bonchev–Trinajstić information content (AvgIpc) is 2.34. The Labute approximate surface area is 110 Å². The molecule has 1 aromatic carbocycles. The highest BCUT2D eigenvalue weighted by Gasteiger charge is 2.19. The van der Waals surface area contributed by atoms with Gasteiger partial charge in [-0.25, -0.2) is 0 Å². The molecular weight excluding hydrogens is 226 g/mol. The highest BCUT2D eigenvalue weighted by atomic mass is 16.5. The molecule has 0 spiro atoms. The molecule has 3 heteroatoms. The third kappa shape index (κ3) is 3.03. The first-order valence-corrected chi connectivity index (χ1v) is 6.47. The van der Waals surface area contributed by atoms with E-state index in [0.29, 0.717) is 17.4 Å². The molecule has 0 atom stereocenters. The summed E-state index contributed by atoms with van der Waals surface area (Å²) in [5, 5.41) is 0. The first kappa shape index (κ1) is 14.6. The van der Waals surface area contributed by atoms with Gasteiger partial charge in [0.15, 0.2) is 5.78 Å². The second kappa shape index (κ2) is 6.43. The van der Waals surface area contributed by atoms with E-state index >= 15 is 0 Å². The fourth-order valence-corrected chi connectivity index (χ4v) is 2.18. The van der Waals surface area contributed by atoms with Gasteiger partial charge in [-0.1, -0.05) is 13.0 Å². The molecule has 0 N–H and O–H groups in total. The first-order valence-electron chi connectivity index (χ1n) is 6.47. The van der Waals surface area contributed by atoms with Crippen LogP contribution in [0, 0.1) is 0 Å². The lowest BCUT2D eigenvalue weighted by Gasteiger charge is -2.30. The predicted octanol–water partition coefficient (Wildman–Crippen LogP) is 3.52. The molecule has 0 saturated heterocycles. The van der Waals surface area contributed by atoms with Crippen LogP contribution in [0.1, 0.15) is 44.5 Å². The van der Waals surface area contributed by atoms with Crippen molar-refractivity contribution in [3.63, 3.8) is 0 Å². The predicted molar refractivity (Wildman–Crippen MR) is 75.8 cm³/mol. The molecule has 0 saturated carbocycles. The third-order valence-corrected chi connectivity index (χ3v) is 2.97. The van der Waals surface area contributed by atoms with Crippen LogP contribution >= 0.6 is 0 Å². The van der Waals surface area contributed by atoms with Crippen LogP contribution in [-0.4, -0.2) is 25.5 Å². The van der Waals surface area contributed by atoms with E-state index < -0.39 is 0 Å². The number of benzene rings is 1. The molecule has 0 aliphatic heterocycles. The zero-order valence-electron chi connectivity index (χ0n) is 12.0. The molecule has 18 heavy (non-hydrogen) atoms. The summed E-state index contributed by atoms with van der Waals surface area (Å²) in [4.78, 5) is 14.1. The Bertz CT molecular complexity index is 413. The summed E-state index contributed by atoms with van der Waals surface area (Å²) < 4.78 is 5.31. The van der Waals surface area contributed by atoms with Crippen LogP contribution in [0.15, 0.2) is 18.2 Å². The lowest BCUT2D eigenvalue weighted by molar-refractivity contribution is 0.101. The summed E-state index contributed by atoms with van der Waals surface area (Å²) in [5.74, 6) is 0.700. The number of ether oxygens (including phenoxy) is 1.